The highest BCUT2D eigenvalue weighted by Crippen LogP contribution is 2.43. The maximum Gasteiger partial charge on any atom is 0.213 e. The van der Waals surface area contributed by atoms with Crippen LogP contribution < -0.4 is 14.2 Å². The molecular formula is C30H35N5O7S. The third-order valence-electron chi connectivity index (χ3n) is 7.47. The Hall–Kier alpha value is -3.81. The third kappa shape index (κ3) is 6.29. The highest BCUT2D eigenvalue weighted by molar-refractivity contribution is 7.90. The van der Waals surface area contributed by atoms with Crippen molar-refractivity contribution in [3.63, 3.8) is 0 Å². The van der Waals surface area contributed by atoms with Gasteiger partial charge in [-0.3, -0.25) is 4.57 Å². The summed E-state index contributed by atoms with van der Waals surface area (Å²) in [4.78, 5) is 18.7. The van der Waals surface area contributed by atoms with E-state index in [0.717, 1.165) is 19.3 Å². The van der Waals surface area contributed by atoms with Crippen LogP contribution in [-0.4, -0.2) is 78.0 Å². The lowest BCUT2D eigenvalue weighted by molar-refractivity contribution is -0.191. The molecule has 4 heterocycles. The van der Waals surface area contributed by atoms with Crippen molar-refractivity contribution in [2.24, 2.45) is 0 Å². The Morgan fingerprint density at radius 2 is 1.79 bits per heavy atom. The van der Waals surface area contributed by atoms with Gasteiger partial charge in [-0.15, -0.1) is 0 Å². The summed E-state index contributed by atoms with van der Waals surface area (Å²) in [6.45, 7) is 2.98. The normalized spacial score (nSPS) is 18.0. The number of hydrogen-bond donors (Lipinski definition) is 0. The molecule has 13 heteroatoms. The maximum absolute atomic E-state index is 13.4. The molecule has 1 aromatic carbocycles. The molecule has 1 aliphatic carbocycles. The minimum Gasteiger partial charge on any atom is -0.494 e. The van der Waals surface area contributed by atoms with Crippen LogP contribution in [0.5, 0.6) is 17.4 Å². The number of imidazole rings is 1. The van der Waals surface area contributed by atoms with E-state index in [1.165, 1.54) is 6.20 Å². The van der Waals surface area contributed by atoms with Crippen LogP contribution >= 0.6 is 0 Å². The first-order valence-electron chi connectivity index (χ1n) is 14.4. The largest absolute Gasteiger partial charge is 0.494 e. The first kappa shape index (κ1) is 29.3. The molecule has 4 aromatic rings. The molecule has 2 aliphatic rings. The van der Waals surface area contributed by atoms with Crippen LogP contribution in [0.15, 0.2) is 42.6 Å². The zero-order valence-corrected chi connectivity index (χ0v) is 25.3. The minimum atomic E-state index is -3.60. The van der Waals surface area contributed by atoms with Crippen molar-refractivity contribution in [1.29, 1.82) is 0 Å². The van der Waals surface area contributed by atoms with Crippen molar-refractivity contribution < 1.29 is 32.1 Å². The number of sulfone groups is 1. The summed E-state index contributed by atoms with van der Waals surface area (Å²) in [5.41, 5.74) is 1.27. The van der Waals surface area contributed by atoms with Crippen LogP contribution in [0.3, 0.4) is 0 Å². The van der Waals surface area contributed by atoms with Gasteiger partial charge in [0.1, 0.15) is 22.9 Å². The van der Waals surface area contributed by atoms with E-state index in [0.29, 0.717) is 71.9 Å². The first-order valence-corrected chi connectivity index (χ1v) is 16.2. The average molecular weight is 610 g/mol. The van der Waals surface area contributed by atoms with Gasteiger partial charge >= 0.3 is 0 Å². The second kappa shape index (κ2) is 12.1. The Morgan fingerprint density at radius 3 is 2.47 bits per heavy atom. The second-order valence-electron chi connectivity index (χ2n) is 10.7. The zero-order chi connectivity index (χ0) is 30.0. The number of hydrogen-bond acceptors (Lipinski definition) is 11. The molecule has 0 N–H and O–H groups in total. The number of para-hydroxylation sites is 1. The van der Waals surface area contributed by atoms with Crippen molar-refractivity contribution in [3.8, 4) is 34.6 Å². The van der Waals surface area contributed by atoms with Crippen LogP contribution in [0.4, 0.5) is 0 Å². The molecule has 0 radical (unpaired) electrons. The summed E-state index contributed by atoms with van der Waals surface area (Å²) in [7, 11) is -0.484. The molecule has 3 aromatic heterocycles. The van der Waals surface area contributed by atoms with Gasteiger partial charge < -0.3 is 23.7 Å². The monoisotopic (exact) mass is 609 g/mol. The van der Waals surface area contributed by atoms with Gasteiger partial charge in [0.2, 0.25) is 5.88 Å². The highest BCUT2D eigenvalue weighted by atomic mass is 32.2. The lowest BCUT2D eigenvalue weighted by Gasteiger charge is -2.27. The van der Waals surface area contributed by atoms with Crippen LogP contribution in [-0.2, 0) is 25.1 Å². The maximum atomic E-state index is 13.4. The van der Waals surface area contributed by atoms with E-state index >= 15 is 0 Å². The van der Waals surface area contributed by atoms with E-state index in [1.54, 1.807) is 43.1 Å². The Bertz CT molecular complexity index is 1690. The molecule has 2 fully saturated rings. The van der Waals surface area contributed by atoms with Gasteiger partial charge in [0.25, 0.3) is 0 Å². The fourth-order valence-electron chi connectivity index (χ4n) is 5.36. The molecule has 0 amide bonds. The Labute approximate surface area is 250 Å². The lowest BCUT2D eigenvalue weighted by atomic mass is 10.2. The van der Waals surface area contributed by atoms with Gasteiger partial charge in [0, 0.05) is 12.7 Å². The number of nitrogens with zero attached hydrogens (tertiary/aromatic N) is 5. The summed E-state index contributed by atoms with van der Waals surface area (Å²) in [6.07, 6.45) is 5.28. The molecule has 1 atom stereocenters. The SMILES string of the molecule is CCOc1cccc(-c2nc3ncc(CS(=O)(=O)CC4(OC5CCCCO5)CC4)nc3n2-c2c(OC)cccc2OC)n1. The summed E-state index contributed by atoms with van der Waals surface area (Å²) >= 11 is 0. The van der Waals surface area contributed by atoms with Crippen molar-refractivity contribution in [2.75, 3.05) is 33.2 Å². The third-order valence-corrected chi connectivity index (χ3v) is 9.17. The van der Waals surface area contributed by atoms with Crippen molar-refractivity contribution in [1.82, 2.24) is 24.5 Å². The van der Waals surface area contributed by atoms with E-state index in [4.69, 9.17) is 33.7 Å². The van der Waals surface area contributed by atoms with E-state index in [-0.39, 0.29) is 23.5 Å². The van der Waals surface area contributed by atoms with Crippen molar-refractivity contribution >= 4 is 21.1 Å². The quantitative estimate of drug-likeness (QED) is 0.228. The molecule has 0 bridgehead atoms. The highest BCUT2D eigenvalue weighted by Gasteiger charge is 2.49. The number of ether oxygens (including phenoxy) is 5. The summed E-state index contributed by atoms with van der Waals surface area (Å²) in [5, 5.41) is 0. The summed E-state index contributed by atoms with van der Waals surface area (Å²) in [5.74, 6) is 1.45. The second-order valence-corrected chi connectivity index (χ2v) is 12.8. The van der Waals surface area contributed by atoms with Gasteiger partial charge in [0.05, 0.1) is 49.8 Å². The first-order chi connectivity index (χ1) is 20.8. The summed E-state index contributed by atoms with van der Waals surface area (Å²) in [6, 6.07) is 10.8. The Balaban J connectivity index is 1.40. The molecule has 1 saturated heterocycles. The van der Waals surface area contributed by atoms with Crippen LogP contribution in [0, 0.1) is 0 Å². The van der Waals surface area contributed by atoms with Gasteiger partial charge in [-0.05, 0) is 57.2 Å². The molecule has 6 rings (SSSR count). The van der Waals surface area contributed by atoms with Crippen LogP contribution in [0.1, 0.15) is 44.7 Å². The fraction of sp³-hybridized carbons (Fsp3) is 0.467. The van der Waals surface area contributed by atoms with E-state index in [2.05, 4.69) is 9.97 Å². The summed E-state index contributed by atoms with van der Waals surface area (Å²) < 4.78 is 57.5. The Morgan fingerprint density at radius 1 is 1.02 bits per heavy atom. The molecule has 43 heavy (non-hydrogen) atoms. The van der Waals surface area contributed by atoms with Crippen molar-refractivity contribution in [3.05, 3.63) is 48.3 Å². The molecular weight excluding hydrogens is 574 g/mol. The number of methoxy groups -OCH3 is 2. The minimum absolute atomic E-state index is 0.0986. The van der Waals surface area contributed by atoms with E-state index < -0.39 is 15.4 Å². The molecule has 12 nitrogen and oxygen atoms in total. The number of fused-ring (bicyclic) bond motifs is 1. The Kier molecular flexibility index (Phi) is 8.21. The van der Waals surface area contributed by atoms with Crippen molar-refractivity contribution in [2.45, 2.75) is 56.7 Å². The van der Waals surface area contributed by atoms with E-state index in [1.807, 2.05) is 19.1 Å². The van der Waals surface area contributed by atoms with Crippen LogP contribution in [0.25, 0.3) is 28.5 Å². The van der Waals surface area contributed by atoms with Crippen LogP contribution in [0.2, 0.25) is 0 Å². The van der Waals surface area contributed by atoms with Gasteiger partial charge in [-0.2, -0.15) is 0 Å². The number of pyridine rings is 1. The average Bonchev–Trinajstić information content (AvgIpc) is 3.64. The molecule has 228 valence electrons. The fourth-order valence-corrected chi connectivity index (χ4v) is 7.21. The van der Waals surface area contributed by atoms with Gasteiger partial charge in [-0.1, -0.05) is 12.1 Å². The van der Waals surface area contributed by atoms with Gasteiger partial charge in [0.15, 0.2) is 33.2 Å². The van der Waals surface area contributed by atoms with Gasteiger partial charge in [-0.25, -0.2) is 28.4 Å². The number of rotatable bonds is 12. The van der Waals surface area contributed by atoms with E-state index in [9.17, 15) is 8.42 Å². The number of benzene rings is 1. The molecule has 1 aliphatic heterocycles. The molecule has 1 saturated carbocycles. The molecule has 1 unspecified atom stereocenters. The molecule has 0 spiro atoms. The smallest absolute Gasteiger partial charge is 0.213 e. The predicted molar refractivity (Wildman–Crippen MR) is 158 cm³/mol. The lowest BCUT2D eigenvalue weighted by Crippen LogP contribution is -2.34. The topological polar surface area (TPSA) is 137 Å². The predicted octanol–water partition coefficient (Wildman–Crippen LogP) is 4.28. The standard InChI is InChI=1S/C30H35N5O7S/c1-4-40-24-12-7-9-21(33-24)28-34-27-29(35(28)26-22(38-2)10-8-11-23(26)39-3)32-20(17-31-27)18-43(36,37)19-30(14-15-30)42-25-13-5-6-16-41-25/h7-12,17,25H,4-6,13-16,18-19H2,1-3H3. The zero-order valence-electron chi connectivity index (χ0n) is 24.5. The number of aromatic nitrogens is 5.